The van der Waals surface area contributed by atoms with E-state index >= 15 is 0 Å². The van der Waals surface area contributed by atoms with Gasteiger partial charge in [0.25, 0.3) is 0 Å². The first kappa shape index (κ1) is 13.4. The number of benzene rings is 1. The number of nitrogens with zero attached hydrogens (tertiary/aromatic N) is 1. The Labute approximate surface area is 120 Å². The van der Waals surface area contributed by atoms with Gasteiger partial charge < -0.3 is 4.74 Å². The van der Waals surface area contributed by atoms with E-state index in [2.05, 4.69) is 17.9 Å². The van der Waals surface area contributed by atoms with Crippen LogP contribution in [0.1, 0.15) is 30.1 Å². The van der Waals surface area contributed by atoms with Gasteiger partial charge in [-0.2, -0.15) is 0 Å². The third-order valence-electron chi connectivity index (χ3n) is 4.53. The minimum absolute atomic E-state index is 0.209. The standard InChI is InChI=1S/C17H21NO2/c1-2-13-11-18-9-8-15(13)10-16(18)12-20-17(19)14-6-4-3-5-7-14/h2-7,15-16H,8-12H2,1H3/b13-2-/t15-,16-/m0/s1. The predicted octanol–water partition coefficient (Wildman–Crippen LogP) is 2.88. The van der Waals surface area contributed by atoms with Crippen LogP contribution in [0.25, 0.3) is 0 Å². The summed E-state index contributed by atoms with van der Waals surface area (Å²) in [6.07, 6.45) is 4.63. The number of hydrogen-bond acceptors (Lipinski definition) is 3. The van der Waals surface area contributed by atoms with Gasteiger partial charge in [0.05, 0.1) is 5.56 Å². The molecule has 3 heterocycles. The molecule has 3 saturated heterocycles. The van der Waals surface area contributed by atoms with E-state index in [4.69, 9.17) is 4.74 Å². The number of esters is 1. The van der Waals surface area contributed by atoms with Gasteiger partial charge in [-0.05, 0) is 44.4 Å². The largest absolute Gasteiger partial charge is 0.460 e. The molecule has 0 N–H and O–H groups in total. The van der Waals surface area contributed by atoms with Crippen molar-refractivity contribution in [2.24, 2.45) is 5.92 Å². The highest BCUT2D eigenvalue weighted by atomic mass is 16.5. The molecule has 4 rings (SSSR count). The fraction of sp³-hybridized carbons (Fsp3) is 0.471. The third kappa shape index (κ3) is 2.63. The van der Waals surface area contributed by atoms with E-state index in [0.717, 1.165) is 19.5 Å². The second-order valence-corrected chi connectivity index (χ2v) is 5.67. The predicted molar refractivity (Wildman–Crippen MR) is 78.6 cm³/mol. The molecule has 3 aliphatic rings. The maximum Gasteiger partial charge on any atom is 0.338 e. The summed E-state index contributed by atoms with van der Waals surface area (Å²) >= 11 is 0. The average molecular weight is 271 g/mol. The highest BCUT2D eigenvalue weighted by molar-refractivity contribution is 5.89. The summed E-state index contributed by atoms with van der Waals surface area (Å²) < 4.78 is 5.49. The van der Waals surface area contributed by atoms with Crippen LogP contribution in [-0.2, 0) is 4.74 Å². The Bertz CT molecular complexity index is 509. The Morgan fingerprint density at radius 2 is 2.20 bits per heavy atom. The van der Waals surface area contributed by atoms with Gasteiger partial charge in [-0.3, -0.25) is 4.90 Å². The lowest BCUT2D eigenvalue weighted by molar-refractivity contribution is 0.0144. The van der Waals surface area contributed by atoms with Crippen molar-refractivity contribution >= 4 is 5.97 Å². The van der Waals surface area contributed by atoms with Gasteiger partial charge in [-0.1, -0.05) is 29.8 Å². The van der Waals surface area contributed by atoms with Crippen molar-refractivity contribution in [2.45, 2.75) is 25.8 Å². The Morgan fingerprint density at radius 3 is 2.85 bits per heavy atom. The first-order valence-corrected chi connectivity index (χ1v) is 7.39. The summed E-state index contributed by atoms with van der Waals surface area (Å²) in [5, 5.41) is 0. The van der Waals surface area contributed by atoms with Gasteiger partial charge in [-0.15, -0.1) is 0 Å². The number of piperidine rings is 3. The highest BCUT2D eigenvalue weighted by Gasteiger charge is 2.36. The van der Waals surface area contributed by atoms with Crippen molar-refractivity contribution in [3.8, 4) is 0 Å². The van der Waals surface area contributed by atoms with Crippen molar-refractivity contribution in [1.82, 2.24) is 4.90 Å². The van der Waals surface area contributed by atoms with Gasteiger partial charge in [0.2, 0.25) is 0 Å². The minimum Gasteiger partial charge on any atom is -0.460 e. The molecule has 0 aromatic heterocycles. The van der Waals surface area contributed by atoms with E-state index in [1.54, 1.807) is 17.7 Å². The van der Waals surface area contributed by atoms with Crippen LogP contribution in [0.3, 0.4) is 0 Å². The summed E-state index contributed by atoms with van der Waals surface area (Å²) in [6, 6.07) is 9.62. The van der Waals surface area contributed by atoms with E-state index in [1.807, 2.05) is 18.2 Å². The molecule has 0 radical (unpaired) electrons. The molecule has 0 amide bonds. The molecule has 3 aliphatic heterocycles. The second-order valence-electron chi connectivity index (χ2n) is 5.67. The second kappa shape index (κ2) is 5.80. The molecule has 3 heteroatoms. The monoisotopic (exact) mass is 271 g/mol. The fourth-order valence-corrected chi connectivity index (χ4v) is 3.34. The molecule has 3 fully saturated rings. The van der Waals surface area contributed by atoms with Crippen LogP contribution < -0.4 is 0 Å². The van der Waals surface area contributed by atoms with Crippen LogP contribution in [0.5, 0.6) is 0 Å². The molecule has 3 atom stereocenters. The Hall–Kier alpha value is -1.61. The first-order valence-electron chi connectivity index (χ1n) is 7.39. The lowest BCUT2D eigenvalue weighted by Gasteiger charge is -2.46. The SMILES string of the molecule is C/C=C1/CN2CC[C@H]1C[C@H]2COC(=O)c1ccccc1. The van der Waals surface area contributed by atoms with Gasteiger partial charge in [0.15, 0.2) is 0 Å². The van der Waals surface area contributed by atoms with E-state index < -0.39 is 0 Å². The third-order valence-corrected chi connectivity index (χ3v) is 4.53. The molecule has 2 bridgehead atoms. The normalized spacial score (nSPS) is 30.4. The van der Waals surface area contributed by atoms with Crippen molar-refractivity contribution in [3.05, 3.63) is 47.5 Å². The molecule has 0 aliphatic carbocycles. The average Bonchev–Trinajstić information content (AvgIpc) is 2.53. The van der Waals surface area contributed by atoms with Gasteiger partial charge in [0, 0.05) is 12.6 Å². The summed E-state index contributed by atoms with van der Waals surface area (Å²) in [5.41, 5.74) is 2.19. The summed E-state index contributed by atoms with van der Waals surface area (Å²) in [4.78, 5) is 14.4. The van der Waals surface area contributed by atoms with Gasteiger partial charge >= 0.3 is 5.97 Å². The quantitative estimate of drug-likeness (QED) is 0.625. The van der Waals surface area contributed by atoms with Crippen LogP contribution in [0.15, 0.2) is 42.0 Å². The number of ether oxygens (including phenoxy) is 1. The summed E-state index contributed by atoms with van der Waals surface area (Å²) in [7, 11) is 0. The van der Waals surface area contributed by atoms with Crippen molar-refractivity contribution in [3.63, 3.8) is 0 Å². The van der Waals surface area contributed by atoms with E-state index in [9.17, 15) is 4.79 Å². The van der Waals surface area contributed by atoms with Crippen molar-refractivity contribution in [2.75, 3.05) is 19.7 Å². The molecule has 106 valence electrons. The zero-order valence-corrected chi connectivity index (χ0v) is 11.9. The molecule has 0 spiro atoms. The van der Waals surface area contributed by atoms with Crippen LogP contribution in [0, 0.1) is 5.92 Å². The first-order chi connectivity index (χ1) is 9.78. The highest BCUT2D eigenvalue weighted by Crippen LogP contribution is 2.35. The Kier molecular flexibility index (Phi) is 3.88. The van der Waals surface area contributed by atoms with Crippen LogP contribution in [0.4, 0.5) is 0 Å². The molecule has 1 aromatic rings. The van der Waals surface area contributed by atoms with Crippen LogP contribution >= 0.6 is 0 Å². The van der Waals surface area contributed by atoms with Crippen molar-refractivity contribution < 1.29 is 9.53 Å². The van der Waals surface area contributed by atoms with Gasteiger partial charge in [0.1, 0.15) is 6.61 Å². The maximum atomic E-state index is 12.0. The maximum absolute atomic E-state index is 12.0. The lowest BCUT2D eigenvalue weighted by Crippen LogP contribution is -2.52. The summed E-state index contributed by atoms with van der Waals surface area (Å²) in [6.45, 7) is 4.83. The smallest absolute Gasteiger partial charge is 0.338 e. The van der Waals surface area contributed by atoms with E-state index in [0.29, 0.717) is 24.1 Å². The van der Waals surface area contributed by atoms with Gasteiger partial charge in [-0.25, -0.2) is 4.79 Å². The summed E-state index contributed by atoms with van der Waals surface area (Å²) in [5.74, 6) is 0.491. The fourth-order valence-electron chi connectivity index (χ4n) is 3.34. The zero-order chi connectivity index (χ0) is 13.9. The lowest BCUT2D eigenvalue weighted by atomic mass is 9.80. The number of fused-ring (bicyclic) bond motifs is 3. The number of carbonyl (C=O) groups excluding carboxylic acids is 1. The Morgan fingerprint density at radius 1 is 1.40 bits per heavy atom. The molecule has 20 heavy (non-hydrogen) atoms. The van der Waals surface area contributed by atoms with E-state index in [1.165, 1.54) is 6.42 Å². The van der Waals surface area contributed by atoms with Crippen LogP contribution in [0.2, 0.25) is 0 Å². The van der Waals surface area contributed by atoms with Crippen LogP contribution in [-0.4, -0.2) is 36.6 Å². The zero-order valence-electron chi connectivity index (χ0n) is 11.9. The molecule has 1 unspecified atom stereocenters. The number of rotatable bonds is 3. The molecular weight excluding hydrogens is 250 g/mol. The molecular formula is C17H21NO2. The molecule has 3 nitrogen and oxygen atoms in total. The minimum atomic E-state index is -0.209. The number of carbonyl (C=O) groups is 1. The molecule has 1 aromatic carbocycles. The van der Waals surface area contributed by atoms with E-state index in [-0.39, 0.29) is 5.97 Å². The molecule has 0 saturated carbocycles. The number of hydrogen-bond donors (Lipinski definition) is 0. The topological polar surface area (TPSA) is 29.5 Å². The number of allylic oxidation sites excluding steroid dienone is 1. The Balaban J connectivity index is 1.57. The van der Waals surface area contributed by atoms with Crippen molar-refractivity contribution in [1.29, 1.82) is 0 Å².